The smallest absolute Gasteiger partial charge is 0.233 e. The highest BCUT2D eigenvalue weighted by Crippen LogP contribution is 2.35. The van der Waals surface area contributed by atoms with E-state index in [0.29, 0.717) is 18.4 Å². The number of hydrogen-bond acceptors (Lipinski definition) is 4. The predicted octanol–water partition coefficient (Wildman–Crippen LogP) is 3.54. The number of imide groups is 1. The number of thiophene rings is 1. The molecule has 28 heavy (non-hydrogen) atoms. The van der Waals surface area contributed by atoms with Crippen LogP contribution in [-0.4, -0.2) is 33.6 Å². The zero-order chi connectivity index (χ0) is 19.8. The van der Waals surface area contributed by atoms with E-state index in [9.17, 15) is 14.4 Å². The van der Waals surface area contributed by atoms with Gasteiger partial charge in [-0.3, -0.25) is 19.3 Å². The number of carbonyl (C=O) groups excluding carboxylic acids is 3. The van der Waals surface area contributed by atoms with Gasteiger partial charge in [0.15, 0.2) is 5.78 Å². The third-order valence-corrected chi connectivity index (χ3v) is 6.87. The van der Waals surface area contributed by atoms with Crippen LogP contribution < -0.4 is 0 Å². The van der Waals surface area contributed by atoms with Crippen molar-refractivity contribution in [1.29, 1.82) is 0 Å². The number of amides is 2. The Kier molecular flexibility index (Phi) is 5.06. The molecule has 1 aliphatic heterocycles. The van der Waals surface area contributed by atoms with Crippen LogP contribution in [0.1, 0.15) is 39.5 Å². The lowest BCUT2D eigenvalue weighted by atomic mass is 9.85. The molecule has 0 bridgehead atoms. The molecule has 2 unspecified atom stereocenters. The molecule has 0 radical (unpaired) electrons. The van der Waals surface area contributed by atoms with E-state index in [0.717, 1.165) is 24.4 Å². The molecular weight excluding hydrogens is 372 g/mol. The molecule has 6 heteroatoms. The molecule has 1 aliphatic carbocycles. The number of nitrogens with zero attached hydrogens (tertiary/aromatic N) is 2. The van der Waals surface area contributed by atoms with E-state index in [-0.39, 0.29) is 36.0 Å². The molecule has 2 aromatic heterocycles. The number of aryl methyl sites for hydroxylation is 2. The molecule has 146 valence electrons. The van der Waals surface area contributed by atoms with Gasteiger partial charge >= 0.3 is 0 Å². The average Bonchev–Trinajstić information content (AvgIpc) is 3.36. The fourth-order valence-electron chi connectivity index (χ4n) is 4.36. The van der Waals surface area contributed by atoms with Gasteiger partial charge in [0.05, 0.1) is 18.4 Å². The van der Waals surface area contributed by atoms with E-state index < -0.39 is 0 Å². The quantitative estimate of drug-likeness (QED) is 0.426. The van der Waals surface area contributed by atoms with E-state index in [4.69, 9.17) is 0 Å². The lowest BCUT2D eigenvalue weighted by Gasteiger charge is -2.14. The number of fused-ring (bicyclic) bond motifs is 1. The van der Waals surface area contributed by atoms with Crippen molar-refractivity contribution in [2.24, 2.45) is 11.8 Å². The van der Waals surface area contributed by atoms with Crippen molar-refractivity contribution in [2.75, 3.05) is 6.54 Å². The highest BCUT2D eigenvalue weighted by atomic mass is 32.1. The molecule has 0 spiro atoms. The number of Topliss-reactive ketones (excluding diaryl/α,β-unsaturated/α-hetero) is 1. The first-order chi connectivity index (χ1) is 13.5. The number of aromatic nitrogens is 1. The van der Waals surface area contributed by atoms with Gasteiger partial charge in [-0.25, -0.2) is 0 Å². The summed E-state index contributed by atoms with van der Waals surface area (Å²) in [4.78, 5) is 40.7. The van der Waals surface area contributed by atoms with Crippen LogP contribution in [0.2, 0.25) is 0 Å². The van der Waals surface area contributed by atoms with Crippen molar-refractivity contribution in [3.63, 3.8) is 0 Å². The largest absolute Gasteiger partial charge is 0.348 e. The maximum Gasteiger partial charge on any atom is 0.233 e. The number of likely N-dealkylation sites (tertiary alicyclic amines) is 1. The Bertz CT molecular complexity index is 929. The van der Waals surface area contributed by atoms with Crippen molar-refractivity contribution in [2.45, 2.75) is 39.7 Å². The Hall–Kier alpha value is -2.47. The molecule has 0 saturated carbocycles. The molecule has 3 heterocycles. The molecule has 0 aromatic carbocycles. The standard InChI is InChI=1S/C22H24N2O3S/c1-14-12-19(15(2)23(14)10-9-16-6-5-11-28-16)20(25)13-24-21(26)17-7-3-4-8-18(17)22(24)27/h3-6,11-12,17-18H,7-10,13H2,1-2H3. The van der Waals surface area contributed by atoms with Crippen molar-refractivity contribution >= 4 is 28.9 Å². The molecular formula is C22H24N2O3S. The summed E-state index contributed by atoms with van der Waals surface area (Å²) < 4.78 is 2.14. The Balaban J connectivity index is 1.49. The third kappa shape index (κ3) is 3.26. The summed E-state index contributed by atoms with van der Waals surface area (Å²) in [5, 5.41) is 2.07. The zero-order valence-electron chi connectivity index (χ0n) is 16.2. The van der Waals surface area contributed by atoms with Crippen LogP contribution >= 0.6 is 11.3 Å². The van der Waals surface area contributed by atoms with Gasteiger partial charge in [-0.2, -0.15) is 0 Å². The van der Waals surface area contributed by atoms with E-state index >= 15 is 0 Å². The lowest BCUT2D eigenvalue weighted by molar-refractivity contribution is -0.139. The Morgan fingerprint density at radius 1 is 1.14 bits per heavy atom. The lowest BCUT2D eigenvalue weighted by Crippen LogP contribution is -2.36. The maximum absolute atomic E-state index is 12.9. The number of carbonyl (C=O) groups is 3. The van der Waals surface area contributed by atoms with Gasteiger partial charge in [0.2, 0.25) is 11.8 Å². The van der Waals surface area contributed by atoms with Crippen LogP contribution in [0.3, 0.4) is 0 Å². The highest BCUT2D eigenvalue weighted by Gasteiger charge is 2.47. The maximum atomic E-state index is 12.9. The minimum absolute atomic E-state index is 0.153. The van der Waals surface area contributed by atoms with Gasteiger partial charge in [0, 0.05) is 28.4 Å². The summed E-state index contributed by atoms with van der Waals surface area (Å²) in [6, 6.07) is 6.04. The van der Waals surface area contributed by atoms with Crippen LogP contribution in [-0.2, 0) is 22.6 Å². The van der Waals surface area contributed by atoms with Gasteiger partial charge in [0.1, 0.15) is 0 Å². The molecule has 1 saturated heterocycles. The summed E-state index contributed by atoms with van der Waals surface area (Å²) in [7, 11) is 0. The van der Waals surface area contributed by atoms with Gasteiger partial charge < -0.3 is 4.57 Å². The van der Waals surface area contributed by atoms with Crippen molar-refractivity contribution < 1.29 is 14.4 Å². The Morgan fingerprint density at radius 2 is 1.82 bits per heavy atom. The summed E-state index contributed by atoms with van der Waals surface area (Å²) in [5.41, 5.74) is 2.53. The van der Waals surface area contributed by atoms with Gasteiger partial charge in [-0.15, -0.1) is 11.3 Å². The van der Waals surface area contributed by atoms with Crippen LogP contribution in [0.25, 0.3) is 0 Å². The number of ketones is 1. The molecule has 2 amide bonds. The van der Waals surface area contributed by atoms with Gasteiger partial charge in [0.25, 0.3) is 0 Å². The minimum atomic E-state index is -0.288. The third-order valence-electron chi connectivity index (χ3n) is 5.94. The average molecular weight is 397 g/mol. The van der Waals surface area contributed by atoms with Gasteiger partial charge in [-0.05, 0) is 50.6 Å². The fourth-order valence-corrected chi connectivity index (χ4v) is 5.06. The van der Waals surface area contributed by atoms with E-state index in [1.165, 1.54) is 9.78 Å². The van der Waals surface area contributed by atoms with Crippen LogP contribution in [0.5, 0.6) is 0 Å². The van der Waals surface area contributed by atoms with Crippen LogP contribution in [0.4, 0.5) is 0 Å². The molecule has 2 aromatic rings. The fraction of sp³-hybridized carbons (Fsp3) is 0.409. The Morgan fingerprint density at radius 3 is 2.43 bits per heavy atom. The van der Waals surface area contributed by atoms with E-state index in [1.54, 1.807) is 11.3 Å². The predicted molar refractivity (Wildman–Crippen MR) is 108 cm³/mol. The monoisotopic (exact) mass is 396 g/mol. The van der Waals surface area contributed by atoms with Crippen LogP contribution in [0, 0.1) is 25.7 Å². The number of allylic oxidation sites excluding steroid dienone is 2. The Labute approximate surface area is 168 Å². The highest BCUT2D eigenvalue weighted by molar-refractivity contribution is 7.09. The molecule has 0 N–H and O–H groups in total. The summed E-state index contributed by atoms with van der Waals surface area (Å²) in [5.74, 6) is -1.13. The topological polar surface area (TPSA) is 59.4 Å². The number of rotatable bonds is 6. The second-order valence-electron chi connectivity index (χ2n) is 7.61. The molecule has 4 rings (SSSR count). The first kappa shape index (κ1) is 18.9. The summed E-state index contributed by atoms with van der Waals surface area (Å²) in [6.45, 7) is 4.58. The van der Waals surface area contributed by atoms with E-state index in [1.807, 2.05) is 38.1 Å². The van der Waals surface area contributed by atoms with Crippen LogP contribution in [0.15, 0.2) is 35.7 Å². The molecule has 5 nitrogen and oxygen atoms in total. The second kappa shape index (κ2) is 7.51. The van der Waals surface area contributed by atoms with Crippen molar-refractivity contribution in [1.82, 2.24) is 9.47 Å². The zero-order valence-corrected chi connectivity index (χ0v) is 17.0. The van der Waals surface area contributed by atoms with Crippen molar-refractivity contribution in [3.05, 3.63) is 57.6 Å². The van der Waals surface area contributed by atoms with Gasteiger partial charge in [-0.1, -0.05) is 18.2 Å². The first-order valence-electron chi connectivity index (χ1n) is 9.70. The molecule has 2 aliphatic rings. The minimum Gasteiger partial charge on any atom is -0.348 e. The SMILES string of the molecule is Cc1cc(C(=O)CN2C(=O)C3CC=CCC3C2=O)c(C)n1CCc1cccs1. The molecule has 2 atom stereocenters. The molecule has 1 fully saturated rings. The van der Waals surface area contributed by atoms with Crippen molar-refractivity contribution in [3.8, 4) is 0 Å². The summed E-state index contributed by atoms with van der Waals surface area (Å²) in [6.07, 6.45) is 6.02. The normalized spacial score (nSPS) is 21.4. The number of hydrogen-bond donors (Lipinski definition) is 0. The second-order valence-corrected chi connectivity index (χ2v) is 8.64. The summed E-state index contributed by atoms with van der Waals surface area (Å²) >= 11 is 1.73. The van der Waals surface area contributed by atoms with E-state index in [2.05, 4.69) is 16.0 Å². The first-order valence-corrected chi connectivity index (χ1v) is 10.6.